The zero-order chi connectivity index (χ0) is 11.5. The largest absolute Gasteiger partial charge is 0.229 e. The third-order valence-corrected chi connectivity index (χ3v) is 4.29. The third kappa shape index (κ3) is 3.83. The highest BCUT2D eigenvalue weighted by atomic mass is 32.2. The van der Waals surface area contributed by atoms with Crippen LogP contribution < -0.4 is 0 Å². The van der Waals surface area contributed by atoms with Crippen LogP contribution in [0, 0.1) is 22.7 Å². The Hall–Kier alpha value is -0.560. The Labute approximate surface area is 92.4 Å². The zero-order valence-corrected chi connectivity index (χ0v) is 10.3. The van der Waals surface area contributed by atoms with Crippen LogP contribution in [0.25, 0.3) is 0 Å². The van der Waals surface area contributed by atoms with Crippen LogP contribution >= 0.6 is 0 Å². The van der Waals surface area contributed by atoms with E-state index >= 15 is 0 Å². The topological polar surface area (TPSA) is 57.9 Å². The molecule has 0 aromatic heterocycles. The molecule has 0 heterocycles. The molecule has 2 atom stereocenters. The van der Waals surface area contributed by atoms with E-state index in [2.05, 4.69) is 13.0 Å². The molecule has 86 valence electrons. The van der Waals surface area contributed by atoms with E-state index < -0.39 is 9.84 Å². The first-order valence-electron chi connectivity index (χ1n) is 5.46. The summed E-state index contributed by atoms with van der Waals surface area (Å²) in [6.45, 7) is 2.16. The third-order valence-electron chi connectivity index (χ3n) is 3.26. The zero-order valence-electron chi connectivity index (χ0n) is 9.49. The Kier molecular flexibility index (Phi) is 3.77. The lowest BCUT2D eigenvalue weighted by Crippen LogP contribution is -2.16. The van der Waals surface area contributed by atoms with E-state index in [-0.39, 0.29) is 11.2 Å². The molecular formula is C11H19NO2S. The van der Waals surface area contributed by atoms with Gasteiger partial charge in [0.05, 0.1) is 11.5 Å². The molecule has 15 heavy (non-hydrogen) atoms. The summed E-state index contributed by atoms with van der Waals surface area (Å²) in [5, 5.41) is 9.16. The van der Waals surface area contributed by atoms with E-state index in [1.807, 2.05) is 0 Å². The van der Waals surface area contributed by atoms with Crippen molar-refractivity contribution in [2.75, 3.05) is 12.0 Å². The van der Waals surface area contributed by atoms with Gasteiger partial charge in [-0.25, -0.2) is 8.42 Å². The van der Waals surface area contributed by atoms with Gasteiger partial charge >= 0.3 is 0 Å². The van der Waals surface area contributed by atoms with Gasteiger partial charge in [-0.3, -0.25) is 0 Å². The molecule has 1 aliphatic carbocycles. The van der Waals surface area contributed by atoms with Gasteiger partial charge in [-0.1, -0.05) is 6.92 Å². The molecule has 4 heteroatoms. The number of sulfone groups is 1. The first-order chi connectivity index (χ1) is 6.87. The van der Waals surface area contributed by atoms with Crippen molar-refractivity contribution in [2.24, 2.45) is 11.3 Å². The molecule has 0 aromatic rings. The lowest BCUT2D eigenvalue weighted by atomic mass is 9.83. The first-order valence-corrected chi connectivity index (χ1v) is 7.52. The Morgan fingerprint density at radius 2 is 2.20 bits per heavy atom. The molecule has 3 nitrogen and oxygen atoms in total. The predicted octanol–water partition coefficient (Wildman–Crippen LogP) is 2.14. The molecule has 1 saturated carbocycles. The number of hydrogen-bond acceptors (Lipinski definition) is 3. The molecule has 0 bridgehead atoms. The summed E-state index contributed by atoms with van der Waals surface area (Å²) < 4.78 is 22.0. The van der Waals surface area contributed by atoms with Gasteiger partial charge in [-0.05, 0) is 38.0 Å². The quantitative estimate of drug-likeness (QED) is 0.742. The standard InChI is InChI=1S/C11H19NO2S/c1-10-4-6-11(8-10,9-12)5-3-7-15(2,13)14/h10H,3-8H2,1-2H3. The van der Waals surface area contributed by atoms with E-state index in [1.54, 1.807) is 0 Å². The van der Waals surface area contributed by atoms with Gasteiger partial charge in [0.15, 0.2) is 0 Å². The highest BCUT2D eigenvalue weighted by Gasteiger charge is 2.37. The van der Waals surface area contributed by atoms with Crippen molar-refractivity contribution in [3.63, 3.8) is 0 Å². The van der Waals surface area contributed by atoms with Crippen molar-refractivity contribution in [2.45, 2.75) is 39.0 Å². The number of rotatable bonds is 4. The minimum atomic E-state index is -2.87. The summed E-state index contributed by atoms with van der Waals surface area (Å²) in [6.07, 6.45) is 5.59. The first kappa shape index (κ1) is 12.5. The van der Waals surface area contributed by atoms with Gasteiger partial charge in [0, 0.05) is 12.0 Å². The maximum atomic E-state index is 11.0. The number of nitriles is 1. The van der Waals surface area contributed by atoms with Crippen LogP contribution in [0.15, 0.2) is 0 Å². The molecule has 1 rings (SSSR count). The minimum Gasteiger partial charge on any atom is -0.229 e. The minimum absolute atomic E-state index is 0.213. The smallest absolute Gasteiger partial charge is 0.147 e. The second kappa shape index (κ2) is 4.52. The molecule has 0 saturated heterocycles. The number of hydrogen-bond donors (Lipinski definition) is 0. The normalized spacial score (nSPS) is 31.4. The van der Waals surface area contributed by atoms with Gasteiger partial charge in [0.1, 0.15) is 9.84 Å². The predicted molar refractivity (Wildman–Crippen MR) is 60.0 cm³/mol. The summed E-state index contributed by atoms with van der Waals surface area (Å²) in [4.78, 5) is 0. The molecule has 0 N–H and O–H groups in total. The van der Waals surface area contributed by atoms with E-state index in [4.69, 9.17) is 5.26 Å². The van der Waals surface area contributed by atoms with Gasteiger partial charge in [-0.2, -0.15) is 5.26 Å². The molecule has 2 unspecified atom stereocenters. The van der Waals surface area contributed by atoms with E-state index in [9.17, 15) is 8.42 Å². The molecule has 1 fully saturated rings. The Bertz CT molecular complexity index is 355. The summed E-state index contributed by atoms with van der Waals surface area (Å²) in [5.41, 5.74) is -0.232. The van der Waals surface area contributed by atoms with Crippen molar-refractivity contribution in [3.05, 3.63) is 0 Å². The summed E-state index contributed by atoms with van der Waals surface area (Å²) in [6, 6.07) is 2.40. The molecule has 0 radical (unpaired) electrons. The second-order valence-corrected chi connectivity index (χ2v) is 7.23. The monoisotopic (exact) mass is 229 g/mol. The van der Waals surface area contributed by atoms with Crippen LogP contribution in [0.4, 0.5) is 0 Å². The Morgan fingerprint density at radius 1 is 1.53 bits per heavy atom. The van der Waals surface area contributed by atoms with Crippen LogP contribution in [0.2, 0.25) is 0 Å². The molecular weight excluding hydrogens is 210 g/mol. The van der Waals surface area contributed by atoms with Crippen molar-refractivity contribution in [3.8, 4) is 6.07 Å². The van der Waals surface area contributed by atoms with E-state index in [0.29, 0.717) is 12.3 Å². The van der Waals surface area contributed by atoms with Crippen LogP contribution in [-0.2, 0) is 9.84 Å². The van der Waals surface area contributed by atoms with Gasteiger partial charge in [0.25, 0.3) is 0 Å². The van der Waals surface area contributed by atoms with Crippen LogP contribution in [0.5, 0.6) is 0 Å². The maximum absolute atomic E-state index is 11.0. The fraction of sp³-hybridized carbons (Fsp3) is 0.909. The lowest BCUT2D eigenvalue weighted by Gasteiger charge is -2.19. The van der Waals surface area contributed by atoms with E-state index in [1.165, 1.54) is 6.26 Å². The highest BCUT2D eigenvalue weighted by Crippen LogP contribution is 2.44. The summed E-state index contributed by atoms with van der Waals surface area (Å²) in [5.74, 6) is 0.827. The van der Waals surface area contributed by atoms with Crippen LogP contribution in [0.1, 0.15) is 39.0 Å². The molecule has 0 aliphatic heterocycles. The van der Waals surface area contributed by atoms with Crippen molar-refractivity contribution < 1.29 is 8.42 Å². The molecule has 0 aromatic carbocycles. The Morgan fingerprint density at radius 3 is 2.60 bits per heavy atom. The van der Waals surface area contributed by atoms with Gasteiger partial charge < -0.3 is 0 Å². The van der Waals surface area contributed by atoms with Crippen LogP contribution in [-0.4, -0.2) is 20.4 Å². The SMILES string of the molecule is CC1CCC(C#N)(CCCS(C)(=O)=O)C1. The number of nitrogens with zero attached hydrogens (tertiary/aromatic N) is 1. The van der Waals surface area contributed by atoms with Gasteiger partial charge in [-0.15, -0.1) is 0 Å². The average molecular weight is 229 g/mol. The highest BCUT2D eigenvalue weighted by molar-refractivity contribution is 7.90. The average Bonchev–Trinajstić information content (AvgIpc) is 2.46. The summed E-state index contributed by atoms with van der Waals surface area (Å²) >= 11 is 0. The van der Waals surface area contributed by atoms with Crippen molar-refractivity contribution in [1.82, 2.24) is 0 Å². The lowest BCUT2D eigenvalue weighted by molar-refractivity contribution is 0.359. The van der Waals surface area contributed by atoms with Crippen molar-refractivity contribution in [1.29, 1.82) is 5.26 Å². The summed E-state index contributed by atoms with van der Waals surface area (Å²) in [7, 11) is -2.87. The maximum Gasteiger partial charge on any atom is 0.147 e. The van der Waals surface area contributed by atoms with Crippen molar-refractivity contribution >= 4 is 9.84 Å². The molecule has 0 spiro atoms. The molecule has 0 amide bonds. The van der Waals surface area contributed by atoms with Gasteiger partial charge in [0.2, 0.25) is 0 Å². The Balaban J connectivity index is 2.46. The fourth-order valence-electron chi connectivity index (χ4n) is 2.45. The molecule has 1 aliphatic rings. The van der Waals surface area contributed by atoms with Crippen LogP contribution in [0.3, 0.4) is 0 Å². The second-order valence-electron chi connectivity index (χ2n) is 4.97. The van der Waals surface area contributed by atoms with E-state index in [0.717, 1.165) is 25.7 Å². The fourth-order valence-corrected chi connectivity index (χ4v) is 3.12.